The van der Waals surface area contributed by atoms with E-state index in [0.29, 0.717) is 6.07 Å². The van der Waals surface area contributed by atoms with Crippen LogP contribution in [0.2, 0.25) is 0 Å². The Hall–Kier alpha value is -1.63. The number of nitrogens with zero attached hydrogens (tertiary/aromatic N) is 1. The second-order valence-electron chi connectivity index (χ2n) is 5.01. The van der Waals surface area contributed by atoms with E-state index in [1.54, 1.807) is 18.7 Å². The number of aliphatic carboxylic acids is 1. The molecule has 0 aliphatic heterocycles. The minimum absolute atomic E-state index is 0.0667. The standard InChI is InChI=1S/C14H17F4NO2/c1-9(2)19(6-5-13(20)21)8-10-3-4-11(15)7-12(10)14(16,17)18/h3-4,7,9H,5-6,8H2,1-2H3,(H,20,21). The molecule has 0 saturated heterocycles. The molecule has 0 atom stereocenters. The van der Waals surface area contributed by atoms with E-state index in [1.165, 1.54) is 0 Å². The lowest BCUT2D eigenvalue weighted by atomic mass is 10.1. The Labute approximate surface area is 120 Å². The third kappa shape index (κ3) is 5.34. The monoisotopic (exact) mass is 307 g/mol. The molecule has 0 fully saturated rings. The second-order valence-corrected chi connectivity index (χ2v) is 5.01. The maximum atomic E-state index is 13.0. The number of hydrogen-bond donors (Lipinski definition) is 1. The number of carboxylic acids is 1. The van der Waals surface area contributed by atoms with E-state index in [1.807, 2.05) is 0 Å². The molecular formula is C14H17F4NO2. The van der Waals surface area contributed by atoms with E-state index in [2.05, 4.69) is 0 Å². The van der Waals surface area contributed by atoms with Gasteiger partial charge in [-0.3, -0.25) is 9.69 Å². The van der Waals surface area contributed by atoms with Gasteiger partial charge in [-0.2, -0.15) is 13.2 Å². The molecular weight excluding hydrogens is 290 g/mol. The Morgan fingerprint density at radius 1 is 1.33 bits per heavy atom. The first kappa shape index (κ1) is 17.4. The first-order valence-electron chi connectivity index (χ1n) is 6.42. The quantitative estimate of drug-likeness (QED) is 0.817. The van der Waals surface area contributed by atoms with Gasteiger partial charge in [-0.1, -0.05) is 6.07 Å². The molecule has 1 N–H and O–H groups in total. The summed E-state index contributed by atoms with van der Waals surface area (Å²) in [7, 11) is 0. The lowest BCUT2D eigenvalue weighted by Crippen LogP contribution is -2.33. The summed E-state index contributed by atoms with van der Waals surface area (Å²) in [6.07, 6.45) is -4.81. The number of rotatable bonds is 6. The fraction of sp³-hybridized carbons (Fsp3) is 0.500. The number of halogens is 4. The molecule has 3 nitrogen and oxygen atoms in total. The van der Waals surface area contributed by atoms with Gasteiger partial charge in [0, 0.05) is 19.1 Å². The smallest absolute Gasteiger partial charge is 0.416 e. The van der Waals surface area contributed by atoms with Crippen LogP contribution in [0.15, 0.2) is 18.2 Å². The van der Waals surface area contributed by atoms with Crippen molar-refractivity contribution in [1.82, 2.24) is 4.90 Å². The highest BCUT2D eigenvalue weighted by atomic mass is 19.4. The van der Waals surface area contributed by atoms with Gasteiger partial charge in [0.1, 0.15) is 5.82 Å². The van der Waals surface area contributed by atoms with E-state index >= 15 is 0 Å². The van der Waals surface area contributed by atoms with Crippen LogP contribution in [0.1, 0.15) is 31.4 Å². The van der Waals surface area contributed by atoms with E-state index in [4.69, 9.17) is 5.11 Å². The lowest BCUT2D eigenvalue weighted by Gasteiger charge is -2.27. The van der Waals surface area contributed by atoms with Crippen molar-refractivity contribution in [2.75, 3.05) is 6.54 Å². The topological polar surface area (TPSA) is 40.5 Å². The summed E-state index contributed by atoms with van der Waals surface area (Å²) in [5.41, 5.74) is -1.09. The summed E-state index contributed by atoms with van der Waals surface area (Å²) in [6, 6.07) is 2.40. The van der Waals surface area contributed by atoms with Crippen molar-refractivity contribution in [2.45, 2.75) is 39.0 Å². The Bertz CT molecular complexity index is 500. The Morgan fingerprint density at radius 2 is 1.95 bits per heavy atom. The van der Waals surface area contributed by atoms with Crippen LogP contribution in [0, 0.1) is 5.82 Å². The van der Waals surface area contributed by atoms with Gasteiger partial charge in [-0.05, 0) is 31.5 Å². The first-order chi connectivity index (χ1) is 9.61. The summed E-state index contributed by atoms with van der Waals surface area (Å²) < 4.78 is 51.8. The number of carboxylic acid groups (broad SMARTS) is 1. The SMILES string of the molecule is CC(C)N(CCC(=O)O)Cc1ccc(F)cc1C(F)(F)F. The van der Waals surface area contributed by atoms with Gasteiger partial charge in [0.15, 0.2) is 0 Å². The van der Waals surface area contributed by atoms with Crippen LogP contribution < -0.4 is 0 Å². The average Bonchev–Trinajstić information content (AvgIpc) is 2.34. The zero-order valence-electron chi connectivity index (χ0n) is 11.7. The van der Waals surface area contributed by atoms with Crippen molar-refractivity contribution in [1.29, 1.82) is 0 Å². The number of carbonyl (C=O) groups is 1. The molecule has 21 heavy (non-hydrogen) atoms. The second kappa shape index (κ2) is 6.89. The highest BCUT2D eigenvalue weighted by Gasteiger charge is 2.34. The largest absolute Gasteiger partial charge is 0.481 e. The van der Waals surface area contributed by atoms with Crippen molar-refractivity contribution in [3.8, 4) is 0 Å². The summed E-state index contributed by atoms with van der Waals surface area (Å²) in [4.78, 5) is 12.2. The lowest BCUT2D eigenvalue weighted by molar-refractivity contribution is -0.139. The minimum Gasteiger partial charge on any atom is -0.481 e. The molecule has 7 heteroatoms. The van der Waals surface area contributed by atoms with E-state index < -0.39 is 23.5 Å². The molecule has 118 valence electrons. The van der Waals surface area contributed by atoms with Gasteiger partial charge in [0.25, 0.3) is 0 Å². The van der Waals surface area contributed by atoms with Crippen LogP contribution in [-0.4, -0.2) is 28.6 Å². The molecule has 1 aromatic rings. The molecule has 1 rings (SSSR count). The van der Waals surface area contributed by atoms with Crippen molar-refractivity contribution >= 4 is 5.97 Å². The van der Waals surface area contributed by atoms with Crippen LogP contribution in [0.3, 0.4) is 0 Å². The highest BCUT2D eigenvalue weighted by Crippen LogP contribution is 2.33. The van der Waals surface area contributed by atoms with Crippen molar-refractivity contribution in [3.63, 3.8) is 0 Å². The fourth-order valence-corrected chi connectivity index (χ4v) is 1.93. The molecule has 0 saturated carbocycles. The van der Waals surface area contributed by atoms with E-state index in [-0.39, 0.29) is 31.1 Å². The van der Waals surface area contributed by atoms with Crippen molar-refractivity contribution in [3.05, 3.63) is 35.1 Å². The molecule has 0 radical (unpaired) electrons. The average molecular weight is 307 g/mol. The Morgan fingerprint density at radius 3 is 2.43 bits per heavy atom. The number of hydrogen-bond acceptors (Lipinski definition) is 2. The Balaban J connectivity index is 3.01. The third-order valence-electron chi connectivity index (χ3n) is 3.09. The van der Waals surface area contributed by atoms with Gasteiger partial charge in [-0.25, -0.2) is 4.39 Å². The van der Waals surface area contributed by atoms with Gasteiger partial charge >= 0.3 is 12.1 Å². The molecule has 0 heterocycles. The number of benzene rings is 1. The van der Waals surface area contributed by atoms with Crippen LogP contribution in [-0.2, 0) is 17.5 Å². The van der Waals surface area contributed by atoms with Crippen LogP contribution in [0.25, 0.3) is 0 Å². The summed E-state index contributed by atoms with van der Waals surface area (Å²) in [5.74, 6) is -1.97. The summed E-state index contributed by atoms with van der Waals surface area (Å²) in [6.45, 7) is 3.57. The fourth-order valence-electron chi connectivity index (χ4n) is 1.93. The molecule has 1 aromatic carbocycles. The molecule has 0 spiro atoms. The Kier molecular flexibility index (Phi) is 5.71. The molecule has 0 aromatic heterocycles. The van der Waals surface area contributed by atoms with Crippen LogP contribution in [0.4, 0.5) is 17.6 Å². The predicted octanol–water partition coefficient (Wildman–Crippen LogP) is 3.53. The summed E-state index contributed by atoms with van der Waals surface area (Å²) >= 11 is 0. The maximum Gasteiger partial charge on any atom is 0.416 e. The summed E-state index contributed by atoms with van der Waals surface area (Å²) in [5, 5.41) is 8.67. The highest BCUT2D eigenvalue weighted by molar-refractivity contribution is 5.66. The number of alkyl halides is 3. The molecule has 0 amide bonds. The predicted molar refractivity (Wildman–Crippen MR) is 69.2 cm³/mol. The molecule has 0 unspecified atom stereocenters. The third-order valence-corrected chi connectivity index (χ3v) is 3.09. The minimum atomic E-state index is -4.65. The molecule has 0 bridgehead atoms. The zero-order chi connectivity index (χ0) is 16.2. The van der Waals surface area contributed by atoms with Crippen LogP contribution in [0.5, 0.6) is 0 Å². The zero-order valence-corrected chi connectivity index (χ0v) is 11.7. The molecule has 0 aliphatic carbocycles. The van der Waals surface area contributed by atoms with Crippen molar-refractivity contribution < 1.29 is 27.5 Å². The van der Waals surface area contributed by atoms with Crippen LogP contribution >= 0.6 is 0 Å². The first-order valence-corrected chi connectivity index (χ1v) is 6.42. The van der Waals surface area contributed by atoms with E-state index in [9.17, 15) is 22.4 Å². The molecule has 0 aliphatic rings. The van der Waals surface area contributed by atoms with Gasteiger partial charge in [0.05, 0.1) is 12.0 Å². The van der Waals surface area contributed by atoms with Gasteiger partial charge in [-0.15, -0.1) is 0 Å². The van der Waals surface area contributed by atoms with E-state index in [0.717, 1.165) is 12.1 Å². The van der Waals surface area contributed by atoms with Crippen molar-refractivity contribution in [2.24, 2.45) is 0 Å². The van der Waals surface area contributed by atoms with Gasteiger partial charge < -0.3 is 5.11 Å². The van der Waals surface area contributed by atoms with Gasteiger partial charge in [0.2, 0.25) is 0 Å². The normalized spacial score (nSPS) is 12.2. The maximum absolute atomic E-state index is 13.0.